The topological polar surface area (TPSA) is 32.3 Å². The van der Waals surface area contributed by atoms with Gasteiger partial charge in [0, 0.05) is 16.6 Å². The lowest BCUT2D eigenvalue weighted by Crippen LogP contribution is -2.50. The predicted molar refractivity (Wildman–Crippen MR) is 86.4 cm³/mol. The lowest BCUT2D eigenvalue weighted by atomic mass is 9.96. The molecule has 110 valence electrons. The summed E-state index contributed by atoms with van der Waals surface area (Å²) >= 11 is 9.46. The third-order valence-electron chi connectivity index (χ3n) is 4.23. The third kappa shape index (κ3) is 3.35. The highest BCUT2D eigenvalue weighted by molar-refractivity contribution is 9.10. The van der Waals surface area contributed by atoms with Crippen LogP contribution in [0.5, 0.6) is 0 Å². The highest BCUT2D eigenvalue weighted by Crippen LogP contribution is 2.33. The molecule has 1 aromatic carbocycles. The molecular weight excluding hydrogens is 340 g/mol. The molecule has 0 radical (unpaired) electrons. The molecule has 0 unspecified atom stereocenters. The van der Waals surface area contributed by atoms with E-state index in [2.05, 4.69) is 40.2 Å². The fraction of sp³-hybridized carbons (Fsp3) is 0.533. The molecule has 1 aliphatic rings. The molecule has 0 aliphatic heterocycles. The maximum absolute atomic E-state index is 12.3. The van der Waals surface area contributed by atoms with Crippen LogP contribution in [0.15, 0.2) is 22.7 Å². The number of likely N-dealkylation sites (N-methyl/N-ethyl adjacent to an activating group) is 1. The average molecular weight is 360 g/mol. The normalized spacial score (nSPS) is 17.4. The molecule has 0 atom stereocenters. The highest BCUT2D eigenvalue weighted by Gasteiger charge is 2.36. The second kappa shape index (κ2) is 6.46. The number of benzene rings is 1. The van der Waals surface area contributed by atoms with Crippen molar-refractivity contribution in [3.63, 3.8) is 0 Å². The van der Waals surface area contributed by atoms with Crippen molar-refractivity contribution in [3.8, 4) is 0 Å². The van der Waals surface area contributed by atoms with Crippen LogP contribution >= 0.6 is 27.5 Å². The first kappa shape index (κ1) is 15.8. The van der Waals surface area contributed by atoms with E-state index in [0.717, 1.165) is 17.3 Å². The van der Waals surface area contributed by atoms with E-state index in [1.165, 1.54) is 12.8 Å². The second-order valence-corrected chi connectivity index (χ2v) is 6.96. The number of rotatable bonds is 4. The molecule has 0 bridgehead atoms. The van der Waals surface area contributed by atoms with Crippen molar-refractivity contribution in [2.75, 3.05) is 20.6 Å². The molecule has 2 rings (SSSR count). The van der Waals surface area contributed by atoms with Crippen molar-refractivity contribution in [3.05, 3.63) is 33.3 Å². The van der Waals surface area contributed by atoms with E-state index < -0.39 is 0 Å². The Kier molecular flexibility index (Phi) is 5.10. The monoisotopic (exact) mass is 358 g/mol. The Morgan fingerprint density at radius 1 is 1.40 bits per heavy atom. The number of nitrogens with one attached hydrogen (secondary N) is 1. The molecule has 1 saturated carbocycles. The van der Waals surface area contributed by atoms with Crippen molar-refractivity contribution in [2.45, 2.75) is 31.2 Å². The quantitative estimate of drug-likeness (QED) is 0.889. The molecule has 1 aromatic rings. The van der Waals surface area contributed by atoms with Gasteiger partial charge in [-0.1, -0.05) is 40.4 Å². The minimum atomic E-state index is -0.107. The molecular formula is C15H20BrClN2O. The van der Waals surface area contributed by atoms with Gasteiger partial charge < -0.3 is 10.2 Å². The summed E-state index contributed by atoms with van der Waals surface area (Å²) in [5.74, 6) is -0.107. The lowest BCUT2D eigenvalue weighted by molar-refractivity contribution is 0.0900. The van der Waals surface area contributed by atoms with Crippen molar-refractivity contribution in [2.24, 2.45) is 0 Å². The van der Waals surface area contributed by atoms with E-state index in [1.54, 1.807) is 12.1 Å². The van der Waals surface area contributed by atoms with Gasteiger partial charge in [0.2, 0.25) is 0 Å². The van der Waals surface area contributed by atoms with Crippen molar-refractivity contribution < 1.29 is 4.79 Å². The van der Waals surface area contributed by atoms with Gasteiger partial charge in [0.25, 0.3) is 5.91 Å². The summed E-state index contributed by atoms with van der Waals surface area (Å²) in [5.41, 5.74) is 0.613. The van der Waals surface area contributed by atoms with Gasteiger partial charge in [0.1, 0.15) is 0 Å². The van der Waals surface area contributed by atoms with Crippen LogP contribution in [0.25, 0.3) is 0 Å². The van der Waals surface area contributed by atoms with E-state index in [0.29, 0.717) is 17.1 Å². The molecule has 0 aromatic heterocycles. The number of halogens is 2. The van der Waals surface area contributed by atoms with E-state index >= 15 is 0 Å². The van der Waals surface area contributed by atoms with Gasteiger partial charge in [-0.15, -0.1) is 0 Å². The molecule has 1 fully saturated rings. The largest absolute Gasteiger partial charge is 0.350 e. The van der Waals surface area contributed by atoms with Crippen LogP contribution in [0, 0.1) is 0 Å². The Labute approximate surface area is 133 Å². The van der Waals surface area contributed by atoms with E-state index in [9.17, 15) is 4.79 Å². The zero-order valence-corrected chi connectivity index (χ0v) is 14.2. The molecule has 0 spiro atoms. The first-order valence-corrected chi connectivity index (χ1v) is 8.02. The number of nitrogens with zero attached hydrogens (tertiary/aromatic N) is 1. The minimum Gasteiger partial charge on any atom is -0.350 e. The average Bonchev–Trinajstić information content (AvgIpc) is 2.89. The molecule has 1 aliphatic carbocycles. The highest BCUT2D eigenvalue weighted by atomic mass is 79.9. The fourth-order valence-electron chi connectivity index (χ4n) is 2.83. The Balaban J connectivity index is 2.06. The smallest absolute Gasteiger partial charge is 0.252 e. The standard InChI is InChI=1S/C15H20BrClN2O/c1-19(2)15(7-3-4-8-15)10-18-14(20)12-9-11(16)5-6-13(12)17/h5-6,9H,3-4,7-8,10H2,1-2H3,(H,18,20). The second-order valence-electron chi connectivity index (χ2n) is 5.63. The first-order chi connectivity index (χ1) is 9.44. The molecule has 5 heteroatoms. The summed E-state index contributed by atoms with van der Waals surface area (Å²) in [6.45, 7) is 0.668. The number of carbonyl (C=O) groups excluding carboxylic acids is 1. The van der Waals surface area contributed by atoms with E-state index in [-0.39, 0.29) is 11.4 Å². The molecule has 1 amide bonds. The number of carbonyl (C=O) groups is 1. The first-order valence-electron chi connectivity index (χ1n) is 6.85. The maximum Gasteiger partial charge on any atom is 0.252 e. The summed E-state index contributed by atoms with van der Waals surface area (Å²) in [4.78, 5) is 14.5. The Morgan fingerprint density at radius 3 is 2.65 bits per heavy atom. The van der Waals surface area contributed by atoms with Crippen LogP contribution in [0.1, 0.15) is 36.0 Å². The number of hydrogen-bond donors (Lipinski definition) is 1. The van der Waals surface area contributed by atoms with Gasteiger partial charge in [-0.05, 0) is 45.1 Å². The van der Waals surface area contributed by atoms with Crippen molar-refractivity contribution in [1.29, 1.82) is 0 Å². The van der Waals surface area contributed by atoms with E-state index in [4.69, 9.17) is 11.6 Å². The van der Waals surface area contributed by atoms with Gasteiger partial charge in [-0.3, -0.25) is 4.79 Å². The van der Waals surface area contributed by atoms with Gasteiger partial charge >= 0.3 is 0 Å². The van der Waals surface area contributed by atoms with Crippen LogP contribution < -0.4 is 5.32 Å². The summed E-state index contributed by atoms with van der Waals surface area (Å²) in [5, 5.41) is 3.53. The Morgan fingerprint density at radius 2 is 2.05 bits per heavy atom. The molecule has 1 N–H and O–H groups in total. The number of amides is 1. The Bertz CT molecular complexity index is 499. The lowest BCUT2D eigenvalue weighted by Gasteiger charge is -2.36. The van der Waals surface area contributed by atoms with Crippen LogP contribution in [0.4, 0.5) is 0 Å². The van der Waals surface area contributed by atoms with E-state index in [1.807, 2.05) is 6.07 Å². The third-order valence-corrected chi connectivity index (χ3v) is 5.06. The van der Waals surface area contributed by atoms with Gasteiger partial charge in [0.05, 0.1) is 10.6 Å². The van der Waals surface area contributed by atoms with Crippen LogP contribution in [0.2, 0.25) is 5.02 Å². The van der Waals surface area contributed by atoms with Crippen molar-refractivity contribution >= 4 is 33.4 Å². The summed E-state index contributed by atoms with van der Waals surface area (Å²) in [7, 11) is 4.17. The minimum absolute atomic E-state index is 0.0914. The molecule has 20 heavy (non-hydrogen) atoms. The molecule has 0 saturated heterocycles. The van der Waals surface area contributed by atoms with Crippen LogP contribution in [-0.4, -0.2) is 37.0 Å². The van der Waals surface area contributed by atoms with Crippen LogP contribution in [-0.2, 0) is 0 Å². The zero-order valence-electron chi connectivity index (χ0n) is 11.9. The Hall–Kier alpha value is -0.580. The summed E-state index contributed by atoms with van der Waals surface area (Å²) in [6, 6.07) is 5.32. The SMILES string of the molecule is CN(C)C1(CNC(=O)c2cc(Br)ccc2Cl)CCCC1. The summed E-state index contributed by atoms with van der Waals surface area (Å²) < 4.78 is 0.857. The maximum atomic E-state index is 12.3. The number of hydrogen-bond acceptors (Lipinski definition) is 2. The van der Waals surface area contributed by atoms with Gasteiger partial charge in [-0.25, -0.2) is 0 Å². The van der Waals surface area contributed by atoms with Crippen LogP contribution in [0.3, 0.4) is 0 Å². The van der Waals surface area contributed by atoms with Crippen molar-refractivity contribution in [1.82, 2.24) is 10.2 Å². The molecule has 3 nitrogen and oxygen atoms in total. The van der Waals surface area contributed by atoms with Gasteiger partial charge in [0.15, 0.2) is 0 Å². The zero-order chi connectivity index (χ0) is 14.8. The van der Waals surface area contributed by atoms with Gasteiger partial charge in [-0.2, -0.15) is 0 Å². The summed E-state index contributed by atoms with van der Waals surface area (Å²) in [6.07, 6.45) is 4.72. The predicted octanol–water partition coefficient (Wildman–Crippen LogP) is 3.71. The molecule has 0 heterocycles. The fourth-order valence-corrected chi connectivity index (χ4v) is 3.39.